The van der Waals surface area contributed by atoms with E-state index in [0.29, 0.717) is 5.92 Å². The molecule has 3 heteroatoms. The fraction of sp³-hybridized carbons (Fsp3) is 0.155. The van der Waals surface area contributed by atoms with Crippen LogP contribution in [0.5, 0.6) is 0 Å². The van der Waals surface area contributed by atoms with E-state index in [0.717, 1.165) is 0 Å². The first kappa shape index (κ1) is 68.3. The molecule has 6 unspecified atom stereocenters. The van der Waals surface area contributed by atoms with E-state index in [4.69, 9.17) is 0 Å². The molecule has 0 radical (unpaired) electrons. The lowest BCUT2D eigenvalue weighted by molar-refractivity contribution is -0.660. The third-order valence-electron chi connectivity index (χ3n) is 26.4. The maximum Gasteiger partial charge on any atom is 0.213 e. The highest BCUT2D eigenvalue weighted by Gasteiger charge is 2.45. The molecule has 26 rings (SSSR count). The molecule has 0 amide bonds. The Morgan fingerprint density at radius 2 is 0.522 bits per heavy atom. The number of fused-ring (bicyclic) bond motifs is 3. The molecule has 3 aromatic heterocycles. The first-order valence-electron chi connectivity index (χ1n) is 40.5. The van der Waals surface area contributed by atoms with Gasteiger partial charge in [0.15, 0.2) is 18.6 Å². The zero-order chi connectivity index (χ0) is 76.4. The van der Waals surface area contributed by atoms with Crippen molar-refractivity contribution in [1.29, 1.82) is 0 Å². The Morgan fingerprint density at radius 3 is 0.938 bits per heavy atom. The Morgan fingerprint density at radius 1 is 0.212 bits per heavy atom. The van der Waals surface area contributed by atoms with Crippen molar-refractivity contribution in [3.8, 4) is 56.0 Å². The van der Waals surface area contributed by atoms with Gasteiger partial charge in [-0.05, 0) is 277 Å². The van der Waals surface area contributed by atoms with Gasteiger partial charge in [0.25, 0.3) is 0 Å². The first-order chi connectivity index (χ1) is 55.1. The largest absolute Gasteiger partial charge is 0.213 e. The van der Waals surface area contributed by atoms with Crippen molar-refractivity contribution in [2.24, 2.45) is 21.1 Å². The molecular weight excluding hydrogens is 1360 g/mol. The Bertz CT molecular complexity index is 6880. The Labute approximate surface area is 664 Å². The minimum absolute atomic E-state index is 0.114. The third-order valence-corrected chi connectivity index (χ3v) is 26.4. The molecule has 542 valence electrons. The standard InChI is InChI=1S/C38H30N.C37H28N.C35H32N/c1-23-10-4-7-13-28(23)36-21-32(24(2)22-39(36)3)27-16-17-31-33(20-27)38-30-15-9-8-14-29(30)37(31)34-18-25-11-5-6-12-26(25)19-35(34)38;1-23-9-3-6-12-28(23)35-22-27(17-18-38(35)2)26-15-16-31-32(21-26)37-30-14-8-7-13-29(30)36(31)33-19-24-10-4-5-11-25(24)20-34(33)37;1-21-16-28-31(20-27(21)32-19-24(35(2,3)4)14-15-36(32)5)34-26-13-9-8-12-25(26)33(28)29-17-22-10-6-7-11-23(22)18-30(29)34/h4-22,37-38H,1-3H3;3-22,36-37H,1-2H3;6-20,33-34H,1-5H3/q3*+1. The van der Waals surface area contributed by atoms with Crippen LogP contribution in [0.15, 0.2) is 328 Å². The van der Waals surface area contributed by atoms with Crippen LogP contribution in [0.3, 0.4) is 0 Å². The first-order valence-corrected chi connectivity index (χ1v) is 40.5. The fourth-order valence-electron chi connectivity index (χ4n) is 20.9. The van der Waals surface area contributed by atoms with E-state index in [1.54, 1.807) is 0 Å². The van der Waals surface area contributed by atoms with E-state index < -0.39 is 0 Å². The summed E-state index contributed by atoms with van der Waals surface area (Å²) >= 11 is 0. The van der Waals surface area contributed by atoms with Gasteiger partial charge in [0, 0.05) is 88.1 Å². The van der Waals surface area contributed by atoms with Crippen LogP contribution in [0.1, 0.15) is 184 Å². The molecule has 6 atom stereocenters. The molecule has 14 aromatic carbocycles. The minimum Gasteiger partial charge on any atom is -0.201 e. The number of aromatic nitrogens is 3. The number of nitrogens with zero attached hydrogens (tertiary/aromatic N) is 3. The summed E-state index contributed by atoms with van der Waals surface area (Å²) in [5, 5.41) is 7.98. The van der Waals surface area contributed by atoms with Crippen molar-refractivity contribution < 1.29 is 13.7 Å². The van der Waals surface area contributed by atoms with E-state index in [2.05, 4.69) is 411 Å². The molecule has 17 aromatic rings. The summed E-state index contributed by atoms with van der Waals surface area (Å²) in [5.74, 6) is 1.67. The van der Waals surface area contributed by atoms with E-state index in [9.17, 15) is 0 Å². The smallest absolute Gasteiger partial charge is 0.201 e. The van der Waals surface area contributed by atoms with Crippen LogP contribution < -0.4 is 13.7 Å². The second-order valence-corrected chi connectivity index (χ2v) is 34.0. The van der Waals surface area contributed by atoms with Crippen molar-refractivity contribution in [2.75, 3.05) is 0 Å². The van der Waals surface area contributed by atoms with E-state index >= 15 is 0 Å². The number of hydrogen-bond acceptors (Lipinski definition) is 0. The fourth-order valence-corrected chi connectivity index (χ4v) is 20.9. The molecule has 3 heterocycles. The average molecular weight is 1450 g/mol. The molecule has 0 saturated heterocycles. The summed E-state index contributed by atoms with van der Waals surface area (Å²) in [7, 11) is 6.46. The van der Waals surface area contributed by atoms with E-state index in [1.807, 2.05) is 0 Å². The zero-order valence-electron chi connectivity index (χ0n) is 66.0. The maximum atomic E-state index is 2.51. The van der Waals surface area contributed by atoms with E-state index in [1.165, 1.54) is 216 Å². The minimum atomic E-state index is 0.114. The van der Waals surface area contributed by atoms with Gasteiger partial charge in [-0.1, -0.05) is 233 Å². The van der Waals surface area contributed by atoms with Crippen molar-refractivity contribution in [2.45, 2.75) is 89.4 Å². The van der Waals surface area contributed by atoms with Crippen molar-refractivity contribution in [3.63, 3.8) is 0 Å². The highest BCUT2D eigenvalue weighted by Crippen LogP contribution is 2.61. The summed E-state index contributed by atoms with van der Waals surface area (Å²) in [6, 6.07) is 117. The normalized spacial score (nSPS) is 16.9. The van der Waals surface area contributed by atoms with Gasteiger partial charge in [-0.3, -0.25) is 0 Å². The van der Waals surface area contributed by atoms with Crippen molar-refractivity contribution in [3.05, 3.63) is 456 Å². The van der Waals surface area contributed by atoms with Crippen LogP contribution in [-0.2, 0) is 26.6 Å². The molecule has 9 aliphatic rings. The van der Waals surface area contributed by atoms with Gasteiger partial charge in [0.2, 0.25) is 17.1 Å². The van der Waals surface area contributed by atoms with E-state index in [-0.39, 0.29) is 35.0 Å². The molecule has 113 heavy (non-hydrogen) atoms. The quantitative estimate of drug-likeness (QED) is 0.152. The molecular formula is C110H90N3+3. The number of rotatable bonds is 5. The maximum absolute atomic E-state index is 2.51. The van der Waals surface area contributed by atoms with Crippen LogP contribution in [-0.4, -0.2) is 0 Å². The van der Waals surface area contributed by atoms with Crippen LogP contribution in [0.4, 0.5) is 0 Å². The number of benzene rings is 14. The monoisotopic (exact) mass is 1450 g/mol. The number of pyridine rings is 3. The van der Waals surface area contributed by atoms with Gasteiger partial charge in [-0.2, -0.15) is 0 Å². The summed E-state index contributed by atoms with van der Waals surface area (Å²) < 4.78 is 6.77. The lowest BCUT2D eigenvalue weighted by Crippen LogP contribution is -2.32. The average Bonchev–Trinajstić information content (AvgIpc) is 0.708. The predicted octanol–water partition coefficient (Wildman–Crippen LogP) is 24.8. The predicted molar refractivity (Wildman–Crippen MR) is 465 cm³/mol. The number of hydrogen-bond donors (Lipinski definition) is 0. The van der Waals surface area contributed by atoms with Crippen molar-refractivity contribution >= 4 is 32.3 Å². The van der Waals surface area contributed by atoms with Crippen LogP contribution in [0, 0.1) is 27.7 Å². The summed E-state index contributed by atoms with van der Waals surface area (Å²) in [6.07, 6.45) is 6.69. The summed E-state index contributed by atoms with van der Waals surface area (Å²) in [5.41, 5.74) is 46.0. The van der Waals surface area contributed by atoms with Gasteiger partial charge in [-0.25, -0.2) is 13.7 Å². The lowest BCUT2D eigenvalue weighted by atomic mass is 9.60. The van der Waals surface area contributed by atoms with Gasteiger partial charge >= 0.3 is 0 Å². The topological polar surface area (TPSA) is 11.6 Å². The highest BCUT2D eigenvalue weighted by atomic mass is 14.9. The molecule has 3 nitrogen and oxygen atoms in total. The second-order valence-electron chi connectivity index (χ2n) is 34.0. The molecule has 0 fully saturated rings. The van der Waals surface area contributed by atoms with Gasteiger partial charge in [0.1, 0.15) is 21.1 Å². The number of aryl methyl sites for hydroxylation is 7. The Balaban J connectivity index is 0.000000107. The summed E-state index contributed by atoms with van der Waals surface area (Å²) in [6.45, 7) is 15.8. The Hall–Kier alpha value is -12.7. The highest BCUT2D eigenvalue weighted by molar-refractivity contribution is 5.91. The van der Waals surface area contributed by atoms with Gasteiger partial charge < -0.3 is 0 Å². The SMILES string of the molecule is Cc1c[n+](C)c(-c2ccccc2C)cc1-c1ccc2c(c1)C1c3ccccc3C2c2cc3ccccc3cc21.Cc1cc2c(cc1-c1cc(C(C)(C)C)cc[n+]1C)C1c3ccccc3C2c2cc3ccccc3cc21.Cc1ccccc1-c1cc(-c2ccc3c(c2)C2c4ccccc4C3c3cc4ccccc4cc32)cc[n+]1C. The molecule has 9 aliphatic carbocycles. The molecule has 6 bridgehead atoms. The van der Waals surface area contributed by atoms with Crippen LogP contribution >= 0.6 is 0 Å². The van der Waals surface area contributed by atoms with Crippen LogP contribution in [0.25, 0.3) is 88.3 Å². The molecule has 0 saturated carbocycles. The van der Waals surface area contributed by atoms with Gasteiger partial charge in [-0.15, -0.1) is 0 Å². The molecule has 0 aliphatic heterocycles. The van der Waals surface area contributed by atoms with Crippen LogP contribution in [0.2, 0.25) is 0 Å². The van der Waals surface area contributed by atoms with Gasteiger partial charge in [0.05, 0.1) is 0 Å². The zero-order valence-corrected chi connectivity index (χ0v) is 66.0. The summed E-state index contributed by atoms with van der Waals surface area (Å²) in [4.78, 5) is 0. The third kappa shape index (κ3) is 10.9. The van der Waals surface area contributed by atoms with Crippen molar-refractivity contribution in [1.82, 2.24) is 0 Å². The molecule has 0 N–H and O–H groups in total. The Kier molecular flexibility index (Phi) is 15.9. The molecule has 0 spiro atoms. The lowest BCUT2D eigenvalue weighted by Gasteiger charge is -2.42. The second kappa shape index (κ2) is 26.2.